The third kappa shape index (κ3) is 1.92. The van der Waals surface area contributed by atoms with Crippen molar-refractivity contribution in [2.24, 2.45) is 0 Å². The van der Waals surface area contributed by atoms with Gasteiger partial charge < -0.3 is 0 Å². The van der Waals surface area contributed by atoms with Crippen LogP contribution in [0.5, 0.6) is 0 Å². The van der Waals surface area contributed by atoms with Crippen LogP contribution >= 0.6 is 11.8 Å². The Morgan fingerprint density at radius 2 is 1.73 bits per heavy atom. The van der Waals surface area contributed by atoms with Crippen molar-refractivity contribution in [3.63, 3.8) is 0 Å². The number of rotatable bonds is 2. The van der Waals surface area contributed by atoms with E-state index in [1.807, 2.05) is 0 Å². The lowest BCUT2D eigenvalue weighted by Gasteiger charge is -1.97. The van der Waals surface area contributed by atoms with E-state index in [4.69, 9.17) is 11.8 Å². The number of halogens is 1. The van der Waals surface area contributed by atoms with Gasteiger partial charge in [0, 0.05) is 0 Å². The van der Waals surface area contributed by atoms with Crippen LogP contribution in [0.25, 0.3) is 0 Å². The Morgan fingerprint density at radius 1 is 1.18 bits per heavy atom. The first-order valence-corrected chi connectivity index (χ1v) is 4.70. The quantitative estimate of drug-likeness (QED) is 0.713. The third-order valence-electron chi connectivity index (χ3n) is 1.16. The second-order valence-corrected chi connectivity index (χ2v) is 3.99. The zero-order valence-electron chi connectivity index (χ0n) is 5.49. The molecule has 1 aromatic rings. The summed E-state index contributed by atoms with van der Waals surface area (Å²) < 4.78 is 23.6. The zero-order chi connectivity index (χ0) is 8.32. The molecule has 0 aliphatic carbocycles. The molecule has 1 aromatic carbocycles. The van der Waals surface area contributed by atoms with Gasteiger partial charge >= 0.3 is 0 Å². The SMILES string of the molecule is O=S(=O)(NCl)c1ccccc1. The predicted octanol–water partition coefficient (Wildman–Crippen LogP) is 1.12. The number of hydrogen-bond acceptors (Lipinski definition) is 2. The molecule has 0 saturated carbocycles. The molecule has 0 aliphatic rings. The molecule has 0 radical (unpaired) electrons. The molecular formula is C6H6ClNO2S. The van der Waals surface area contributed by atoms with E-state index in [-0.39, 0.29) is 4.90 Å². The molecule has 0 amide bonds. The Labute approximate surface area is 70.2 Å². The first-order chi connectivity index (χ1) is 5.17. The van der Waals surface area contributed by atoms with Crippen LogP contribution in [-0.4, -0.2) is 8.42 Å². The van der Waals surface area contributed by atoms with E-state index in [9.17, 15) is 8.42 Å². The van der Waals surface area contributed by atoms with Gasteiger partial charge in [0.1, 0.15) is 0 Å². The molecule has 0 heterocycles. The maximum absolute atomic E-state index is 11.0. The molecule has 0 unspecified atom stereocenters. The Morgan fingerprint density at radius 3 is 2.18 bits per heavy atom. The van der Waals surface area contributed by atoms with Crippen molar-refractivity contribution >= 4 is 21.8 Å². The average Bonchev–Trinajstić information content (AvgIpc) is 2.06. The molecule has 3 nitrogen and oxygen atoms in total. The van der Waals surface area contributed by atoms with E-state index < -0.39 is 10.0 Å². The zero-order valence-corrected chi connectivity index (χ0v) is 7.06. The van der Waals surface area contributed by atoms with Crippen LogP contribution in [0.2, 0.25) is 0 Å². The normalized spacial score (nSPS) is 11.4. The van der Waals surface area contributed by atoms with Crippen molar-refractivity contribution in [2.75, 3.05) is 0 Å². The molecule has 0 spiro atoms. The highest BCUT2D eigenvalue weighted by Gasteiger charge is 2.09. The molecule has 0 saturated heterocycles. The Kier molecular flexibility index (Phi) is 2.49. The van der Waals surface area contributed by atoms with Gasteiger partial charge in [0.05, 0.1) is 4.90 Å². The molecule has 1 N–H and O–H groups in total. The number of sulfonamides is 1. The molecule has 11 heavy (non-hydrogen) atoms. The van der Waals surface area contributed by atoms with Gasteiger partial charge in [0.2, 0.25) is 0 Å². The summed E-state index contributed by atoms with van der Waals surface area (Å²) in [6.07, 6.45) is 0. The fraction of sp³-hybridized carbons (Fsp3) is 0. The lowest BCUT2D eigenvalue weighted by atomic mass is 10.4. The van der Waals surface area contributed by atoms with Crippen molar-refractivity contribution < 1.29 is 8.42 Å². The molecule has 0 fully saturated rings. The molecule has 5 heteroatoms. The second kappa shape index (κ2) is 3.21. The van der Waals surface area contributed by atoms with Crippen LogP contribution < -0.4 is 4.24 Å². The van der Waals surface area contributed by atoms with E-state index in [1.54, 1.807) is 22.4 Å². The standard InChI is InChI=1S/C6H6ClNO2S/c7-8-11(9,10)6-4-2-1-3-5-6/h1-5,8H. The molecule has 0 atom stereocenters. The van der Waals surface area contributed by atoms with Crippen molar-refractivity contribution in [2.45, 2.75) is 4.90 Å². The van der Waals surface area contributed by atoms with Crippen LogP contribution in [-0.2, 0) is 10.0 Å². The van der Waals surface area contributed by atoms with Crippen LogP contribution in [0.4, 0.5) is 0 Å². The smallest absolute Gasteiger partial charge is 0.206 e. The van der Waals surface area contributed by atoms with E-state index in [2.05, 4.69) is 0 Å². The van der Waals surface area contributed by atoms with Gasteiger partial charge in [-0.2, -0.15) is 0 Å². The highest BCUT2D eigenvalue weighted by atomic mass is 35.5. The van der Waals surface area contributed by atoms with Crippen molar-refractivity contribution in [3.05, 3.63) is 30.3 Å². The Balaban J connectivity index is 3.14. The Hall–Kier alpha value is -0.580. The number of nitrogens with one attached hydrogen (secondary N) is 1. The Bertz CT molecular complexity index is 322. The van der Waals surface area contributed by atoms with Gasteiger partial charge in [-0.3, -0.25) is 0 Å². The minimum Gasteiger partial charge on any atom is -0.206 e. The summed E-state index contributed by atoms with van der Waals surface area (Å²) in [4.78, 5) is 0.162. The van der Waals surface area contributed by atoms with E-state index in [1.165, 1.54) is 12.1 Å². The maximum Gasteiger partial charge on any atom is 0.253 e. The van der Waals surface area contributed by atoms with Gasteiger partial charge in [-0.15, -0.1) is 4.24 Å². The highest BCUT2D eigenvalue weighted by Crippen LogP contribution is 2.06. The van der Waals surface area contributed by atoms with E-state index >= 15 is 0 Å². The lowest BCUT2D eigenvalue weighted by Crippen LogP contribution is -2.12. The van der Waals surface area contributed by atoms with Gasteiger partial charge in [-0.05, 0) is 23.9 Å². The van der Waals surface area contributed by atoms with Gasteiger partial charge in [-0.1, -0.05) is 18.2 Å². The van der Waals surface area contributed by atoms with E-state index in [0.717, 1.165) is 0 Å². The molecule has 0 aliphatic heterocycles. The van der Waals surface area contributed by atoms with Gasteiger partial charge in [-0.25, -0.2) is 8.42 Å². The topological polar surface area (TPSA) is 46.2 Å². The summed E-state index contributed by atoms with van der Waals surface area (Å²) in [5, 5.41) is 0. The molecule has 0 bridgehead atoms. The average molecular weight is 192 g/mol. The summed E-state index contributed by atoms with van der Waals surface area (Å²) in [6, 6.07) is 7.91. The second-order valence-electron chi connectivity index (χ2n) is 1.89. The minimum atomic E-state index is -3.48. The minimum absolute atomic E-state index is 0.162. The molecule has 60 valence electrons. The summed E-state index contributed by atoms with van der Waals surface area (Å²) in [7, 11) is -3.48. The summed E-state index contributed by atoms with van der Waals surface area (Å²) in [6.45, 7) is 0. The van der Waals surface area contributed by atoms with Crippen molar-refractivity contribution in [1.82, 2.24) is 4.24 Å². The van der Waals surface area contributed by atoms with Crippen LogP contribution in [0.1, 0.15) is 0 Å². The largest absolute Gasteiger partial charge is 0.253 e. The highest BCUT2D eigenvalue weighted by molar-refractivity contribution is 7.90. The maximum atomic E-state index is 11.0. The number of hydrogen-bond donors (Lipinski definition) is 1. The lowest BCUT2D eigenvalue weighted by molar-refractivity contribution is 0.594. The fourth-order valence-electron chi connectivity index (χ4n) is 0.644. The molecular weight excluding hydrogens is 186 g/mol. The van der Waals surface area contributed by atoms with Gasteiger partial charge in [0.15, 0.2) is 0 Å². The van der Waals surface area contributed by atoms with Crippen LogP contribution in [0.15, 0.2) is 35.2 Å². The monoisotopic (exact) mass is 191 g/mol. The summed E-state index contributed by atoms with van der Waals surface area (Å²) >= 11 is 4.99. The third-order valence-corrected chi connectivity index (χ3v) is 2.86. The van der Waals surface area contributed by atoms with Crippen molar-refractivity contribution in [1.29, 1.82) is 0 Å². The first kappa shape index (κ1) is 8.52. The molecule has 0 aromatic heterocycles. The predicted molar refractivity (Wildman–Crippen MR) is 42.6 cm³/mol. The fourth-order valence-corrected chi connectivity index (χ4v) is 1.52. The van der Waals surface area contributed by atoms with Crippen LogP contribution in [0, 0.1) is 0 Å². The first-order valence-electron chi connectivity index (χ1n) is 2.84. The van der Waals surface area contributed by atoms with Crippen molar-refractivity contribution in [3.8, 4) is 0 Å². The number of benzene rings is 1. The summed E-state index contributed by atoms with van der Waals surface area (Å²) in [5.74, 6) is 0. The summed E-state index contributed by atoms with van der Waals surface area (Å²) in [5.41, 5.74) is 0. The van der Waals surface area contributed by atoms with Crippen LogP contribution in [0.3, 0.4) is 0 Å². The van der Waals surface area contributed by atoms with E-state index in [0.29, 0.717) is 0 Å². The molecule has 1 rings (SSSR count). The van der Waals surface area contributed by atoms with Gasteiger partial charge in [0.25, 0.3) is 10.0 Å².